The fraction of sp³-hybridized carbons (Fsp3) is 0.812. The first-order valence-electron chi connectivity index (χ1n) is 32.8. The Morgan fingerprint density at radius 3 is 0.747 bits per heavy atom. The first kappa shape index (κ1) is 72.1. The minimum Gasteiger partial charge on any atom is -0.462 e. The van der Waals surface area contributed by atoms with Gasteiger partial charge in [-0.2, -0.15) is 0 Å². The lowest BCUT2D eigenvalue weighted by atomic mass is 10.0. The van der Waals surface area contributed by atoms with Crippen LogP contribution in [0.4, 0.5) is 0 Å². The second-order valence-electron chi connectivity index (χ2n) is 22.0. The van der Waals surface area contributed by atoms with Crippen LogP contribution in [0.2, 0.25) is 0 Å². The number of carbonyl (C=O) groups excluding carboxylic acids is 3. The van der Waals surface area contributed by atoms with Gasteiger partial charge in [-0.1, -0.05) is 293 Å². The van der Waals surface area contributed by atoms with Gasteiger partial charge in [0.2, 0.25) is 0 Å². The standard InChI is InChI=1S/C69H124O6/c1-4-7-10-13-15-17-19-21-23-25-27-29-31-33-34-36-37-39-41-43-45-47-49-51-53-56-59-62-68(71)74-65-66(64-73-67(70)61-58-55-12-9-6-3)75-69(72)63-60-57-54-52-50-48-46-44-42-40-38-35-32-30-28-26-24-22-20-18-16-14-11-8-5-2/h19-22,25-28,32,35,66H,4-18,23-24,29-31,33-34,36-65H2,1-3H3/b21-19-,22-20-,27-25-,28-26-,35-32-. The van der Waals surface area contributed by atoms with Gasteiger partial charge >= 0.3 is 17.9 Å². The maximum atomic E-state index is 12.8. The van der Waals surface area contributed by atoms with Gasteiger partial charge in [-0.25, -0.2) is 0 Å². The number of ether oxygens (including phenoxy) is 3. The van der Waals surface area contributed by atoms with Crippen LogP contribution in [-0.4, -0.2) is 37.2 Å². The van der Waals surface area contributed by atoms with E-state index in [1.165, 1.54) is 218 Å². The van der Waals surface area contributed by atoms with Gasteiger partial charge in [0.05, 0.1) is 0 Å². The van der Waals surface area contributed by atoms with Crippen LogP contribution in [0, 0.1) is 0 Å². The fourth-order valence-electron chi connectivity index (χ4n) is 9.54. The molecule has 0 radical (unpaired) electrons. The highest BCUT2D eigenvalue weighted by Crippen LogP contribution is 2.17. The SMILES string of the molecule is CCCCCCC/C=C\C/C=C\C/C=C\CCCCCCCCCCCCC(=O)OC(COC(=O)CCCCCCC)COC(=O)CCCCCCCCCCCCCCCCC/C=C\C/C=C\CCCCCCC. The van der Waals surface area contributed by atoms with E-state index in [2.05, 4.69) is 81.5 Å². The van der Waals surface area contributed by atoms with Gasteiger partial charge in [0.25, 0.3) is 0 Å². The predicted octanol–water partition coefficient (Wildman–Crippen LogP) is 22.3. The van der Waals surface area contributed by atoms with E-state index in [0.717, 1.165) is 83.5 Å². The van der Waals surface area contributed by atoms with Crippen LogP contribution in [0.3, 0.4) is 0 Å². The van der Waals surface area contributed by atoms with Crippen LogP contribution in [0.25, 0.3) is 0 Å². The number of hydrogen-bond acceptors (Lipinski definition) is 6. The molecule has 0 heterocycles. The van der Waals surface area contributed by atoms with E-state index in [0.29, 0.717) is 19.3 Å². The average Bonchev–Trinajstić information content (AvgIpc) is 3.41. The van der Waals surface area contributed by atoms with Crippen LogP contribution in [0.5, 0.6) is 0 Å². The molecule has 0 aliphatic carbocycles. The Bertz CT molecular complexity index is 1340. The molecule has 0 bridgehead atoms. The lowest BCUT2D eigenvalue weighted by Crippen LogP contribution is -2.30. The quantitative estimate of drug-likeness (QED) is 0.0261. The smallest absolute Gasteiger partial charge is 0.306 e. The first-order valence-corrected chi connectivity index (χ1v) is 32.8. The molecule has 0 aromatic rings. The molecule has 1 atom stereocenters. The Morgan fingerprint density at radius 2 is 0.480 bits per heavy atom. The molecule has 0 spiro atoms. The fourth-order valence-corrected chi connectivity index (χ4v) is 9.54. The topological polar surface area (TPSA) is 78.9 Å². The average molecular weight is 1050 g/mol. The summed E-state index contributed by atoms with van der Waals surface area (Å²) in [7, 11) is 0. The zero-order valence-corrected chi connectivity index (χ0v) is 50.1. The van der Waals surface area contributed by atoms with E-state index >= 15 is 0 Å². The van der Waals surface area contributed by atoms with Crippen molar-refractivity contribution < 1.29 is 28.6 Å². The molecule has 0 rings (SSSR count). The molecular formula is C69H124O6. The van der Waals surface area contributed by atoms with Crippen molar-refractivity contribution in [1.29, 1.82) is 0 Å². The van der Waals surface area contributed by atoms with Crippen LogP contribution in [0.1, 0.15) is 342 Å². The van der Waals surface area contributed by atoms with Gasteiger partial charge in [0.1, 0.15) is 13.2 Å². The summed E-state index contributed by atoms with van der Waals surface area (Å²) in [5.41, 5.74) is 0. The predicted molar refractivity (Wildman–Crippen MR) is 325 cm³/mol. The first-order chi connectivity index (χ1) is 37.0. The molecule has 75 heavy (non-hydrogen) atoms. The largest absolute Gasteiger partial charge is 0.462 e. The van der Waals surface area contributed by atoms with E-state index in [1.54, 1.807) is 0 Å². The Morgan fingerprint density at radius 1 is 0.267 bits per heavy atom. The Hall–Kier alpha value is -2.89. The molecule has 0 saturated heterocycles. The van der Waals surface area contributed by atoms with Crippen molar-refractivity contribution in [2.45, 2.75) is 348 Å². The lowest BCUT2D eigenvalue weighted by molar-refractivity contribution is -0.167. The summed E-state index contributed by atoms with van der Waals surface area (Å²) in [4.78, 5) is 37.9. The zero-order chi connectivity index (χ0) is 54.3. The van der Waals surface area contributed by atoms with E-state index < -0.39 is 6.10 Å². The molecule has 436 valence electrons. The molecular weight excluding hydrogens is 925 g/mol. The number of esters is 3. The number of unbranched alkanes of at least 4 members (excludes halogenated alkanes) is 39. The van der Waals surface area contributed by atoms with E-state index in [9.17, 15) is 14.4 Å². The molecule has 0 saturated carbocycles. The molecule has 0 aromatic carbocycles. The van der Waals surface area contributed by atoms with Crippen molar-refractivity contribution >= 4 is 17.9 Å². The monoisotopic (exact) mass is 1050 g/mol. The molecule has 0 N–H and O–H groups in total. The summed E-state index contributed by atoms with van der Waals surface area (Å²) < 4.78 is 16.8. The summed E-state index contributed by atoms with van der Waals surface area (Å²) in [6, 6.07) is 0. The number of rotatable bonds is 60. The summed E-state index contributed by atoms with van der Waals surface area (Å²) in [6.07, 6.45) is 81.4. The van der Waals surface area contributed by atoms with Crippen molar-refractivity contribution in [2.75, 3.05) is 13.2 Å². The maximum absolute atomic E-state index is 12.8. The van der Waals surface area contributed by atoms with Crippen LogP contribution in [0.15, 0.2) is 60.8 Å². The van der Waals surface area contributed by atoms with E-state index in [1.807, 2.05) is 0 Å². The van der Waals surface area contributed by atoms with Gasteiger partial charge in [0.15, 0.2) is 6.10 Å². The van der Waals surface area contributed by atoms with Gasteiger partial charge in [0, 0.05) is 19.3 Å². The highest BCUT2D eigenvalue weighted by atomic mass is 16.6. The minimum absolute atomic E-state index is 0.0735. The van der Waals surface area contributed by atoms with Gasteiger partial charge in [-0.15, -0.1) is 0 Å². The second-order valence-corrected chi connectivity index (χ2v) is 22.0. The van der Waals surface area contributed by atoms with E-state index in [-0.39, 0.29) is 31.1 Å². The molecule has 0 aromatic heterocycles. The highest BCUT2D eigenvalue weighted by Gasteiger charge is 2.19. The molecule has 6 heteroatoms. The molecule has 0 amide bonds. The van der Waals surface area contributed by atoms with Crippen molar-refractivity contribution in [3.05, 3.63) is 60.8 Å². The van der Waals surface area contributed by atoms with Crippen LogP contribution < -0.4 is 0 Å². The number of allylic oxidation sites excluding steroid dienone is 10. The molecule has 6 nitrogen and oxygen atoms in total. The van der Waals surface area contributed by atoms with Crippen molar-refractivity contribution in [1.82, 2.24) is 0 Å². The minimum atomic E-state index is -0.772. The van der Waals surface area contributed by atoms with Gasteiger partial charge < -0.3 is 14.2 Å². The Kier molecular flexibility index (Phi) is 61.2. The zero-order valence-electron chi connectivity index (χ0n) is 50.1. The van der Waals surface area contributed by atoms with Crippen molar-refractivity contribution in [3.8, 4) is 0 Å². The third-order valence-electron chi connectivity index (χ3n) is 14.5. The molecule has 1 unspecified atom stereocenters. The normalized spacial score (nSPS) is 12.4. The van der Waals surface area contributed by atoms with Crippen LogP contribution >= 0.6 is 0 Å². The second kappa shape index (κ2) is 63.6. The summed E-state index contributed by atoms with van der Waals surface area (Å²) in [5.74, 6) is -0.876. The van der Waals surface area contributed by atoms with Crippen molar-refractivity contribution in [2.24, 2.45) is 0 Å². The van der Waals surface area contributed by atoms with Gasteiger partial charge in [-0.3, -0.25) is 14.4 Å². The maximum Gasteiger partial charge on any atom is 0.306 e. The number of hydrogen-bond donors (Lipinski definition) is 0. The third-order valence-corrected chi connectivity index (χ3v) is 14.5. The third kappa shape index (κ3) is 61.8. The summed E-state index contributed by atoms with van der Waals surface area (Å²) in [5, 5.41) is 0. The molecule has 0 aliphatic rings. The number of carbonyl (C=O) groups is 3. The van der Waals surface area contributed by atoms with Crippen molar-refractivity contribution in [3.63, 3.8) is 0 Å². The Labute approximate surface area is 466 Å². The van der Waals surface area contributed by atoms with Crippen LogP contribution in [-0.2, 0) is 28.6 Å². The summed E-state index contributed by atoms with van der Waals surface area (Å²) in [6.45, 7) is 6.57. The highest BCUT2D eigenvalue weighted by molar-refractivity contribution is 5.71. The van der Waals surface area contributed by atoms with E-state index in [4.69, 9.17) is 14.2 Å². The summed E-state index contributed by atoms with van der Waals surface area (Å²) >= 11 is 0. The lowest BCUT2D eigenvalue weighted by Gasteiger charge is -2.18. The van der Waals surface area contributed by atoms with Gasteiger partial charge in [-0.05, 0) is 89.9 Å². The molecule has 0 aliphatic heterocycles. The Balaban J connectivity index is 4.01. The molecule has 0 fully saturated rings.